The first kappa shape index (κ1) is 17.4. The van der Waals surface area contributed by atoms with E-state index < -0.39 is 0 Å². The second-order valence-corrected chi connectivity index (χ2v) is 9.10. The molecule has 0 atom stereocenters. The van der Waals surface area contributed by atoms with Crippen LogP contribution in [0.25, 0.3) is 0 Å². The number of anilines is 1. The number of hydrogen-bond acceptors (Lipinski definition) is 5. The largest absolute Gasteiger partial charge is 0.355 e. The third kappa shape index (κ3) is 3.33. The quantitative estimate of drug-likeness (QED) is 0.817. The van der Waals surface area contributed by atoms with Crippen molar-refractivity contribution in [3.05, 3.63) is 18.6 Å². The van der Waals surface area contributed by atoms with Crippen molar-refractivity contribution in [1.29, 1.82) is 0 Å². The maximum Gasteiger partial charge on any atom is 0.225 e. The minimum Gasteiger partial charge on any atom is -0.355 e. The number of carbonyl (C=O) groups is 1. The summed E-state index contributed by atoms with van der Waals surface area (Å²) in [4.78, 5) is 28.6. The monoisotopic (exact) mass is 369 g/mol. The smallest absolute Gasteiger partial charge is 0.225 e. The maximum atomic E-state index is 12.9. The average Bonchev–Trinajstić information content (AvgIpc) is 2.66. The van der Waals surface area contributed by atoms with E-state index in [2.05, 4.69) is 24.7 Å². The topological polar surface area (TPSA) is 52.6 Å². The molecule has 146 valence electrons. The Balaban J connectivity index is 1.09. The molecule has 0 radical (unpaired) electrons. The van der Waals surface area contributed by atoms with Gasteiger partial charge in [0.25, 0.3) is 0 Å². The van der Waals surface area contributed by atoms with Gasteiger partial charge in [0.15, 0.2) is 0 Å². The van der Waals surface area contributed by atoms with Gasteiger partial charge in [-0.05, 0) is 43.9 Å². The zero-order valence-corrected chi connectivity index (χ0v) is 16.2. The van der Waals surface area contributed by atoms with Crippen LogP contribution in [0.5, 0.6) is 0 Å². The number of carbonyl (C=O) groups excluding carboxylic acids is 1. The van der Waals surface area contributed by atoms with E-state index in [4.69, 9.17) is 0 Å². The highest BCUT2D eigenvalue weighted by molar-refractivity contribution is 5.80. The van der Waals surface area contributed by atoms with E-state index in [1.807, 2.05) is 6.20 Å². The molecule has 4 aliphatic rings. The van der Waals surface area contributed by atoms with Crippen molar-refractivity contribution in [3.63, 3.8) is 0 Å². The van der Waals surface area contributed by atoms with Crippen molar-refractivity contribution in [2.45, 2.75) is 51.0 Å². The predicted octanol–water partition coefficient (Wildman–Crippen LogP) is 2.17. The lowest BCUT2D eigenvalue weighted by molar-refractivity contribution is -0.147. The van der Waals surface area contributed by atoms with Crippen LogP contribution in [-0.2, 0) is 4.79 Å². The molecule has 0 bridgehead atoms. The third-order valence-electron chi connectivity index (χ3n) is 7.62. The minimum atomic E-state index is 0.281. The first-order valence-electron chi connectivity index (χ1n) is 10.8. The SMILES string of the molecule is O=C(C1CC2(CCN(c3cnccn3)CC2)C1)N1CCN(C2CCC2)CC1. The summed E-state index contributed by atoms with van der Waals surface area (Å²) in [6.07, 6.45) is 14.0. The zero-order chi connectivity index (χ0) is 18.3. The first-order valence-corrected chi connectivity index (χ1v) is 10.8. The Morgan fingerprint density at radius 1 is 1.00 bits per heavy atom. The molecule has 1 aromatic rings. The molecule has 3 heterocycles. The molecule has 27 heavy (non-hydrogen) atoms. The summed E-state index contributed by atoms with van der Waals surface area (Å²) in [5.74, 6) is 1.71. The highest BCUT2D eigenvalue weighted by Gasteiger charge is 2.49. The summed E-state index contributed by atoms with van der Waals surface area (Å²) in [7, 11) is 0. The van der Waals surface area contributed by atoms with Gasteiger partial charge in [-0.2, -0.15) is 0 Å². The van der Waals surface area contributed by atoms with E-state index in [0.29, 0.717) is 11.3 Å². The molecule has 1 spiro atoms. The lowest BCUT2D eigenvalue weighted by Gasteiger charge is -2.53. The maximum absolute atomic E-state index is 12.9. The Labute approximate surface area is 161 Å². The minimum absolute atomic E-state index is 0.281. The molecule has 2 saturated carbocycles. The molecule has 2 saturated heterocycles. The molecule has 1 aromatic heterocycles. The lowest BCUT2D eigenvalue weighted by atomic mass is 9.57. The predicted molar refractivity (Wildman–Crippen MR) is 104 cm³/mol. The number of rotatable bonds is 3. The molecule has 0 N–H and O–H groups in total. The first-order chi connectivity index (χ1) is 13.2. The molecular formula is C21H31N5O. The number of piperidine rings is 1. The normalized spacial score (nSPS) is 26.7. The Hall–Kier alpha value is -1.69. The van der Waals surface area contributed by atoms with Gasteiger partial charge >= 0.3 is 0 Å². The Bertz CT molecular complexity index is 652. The van der Waals surface area contributed by atoms with Crippen LogP contribution in [0.2, 0.25) is 0 Å². The van der Waals surface area contributed by atoms with Crippen LogP contribution >= 0.6 is 0 Å². The highest BCUT2D eigenvalue weighted by atomic mass is 16.2. The summed E-state index contributed by atoms with van der Waals surface area (Å²) >= 11 is 0. The summed E-state index contributed by atoms with van der Waals surface area (Å²) in [5, 5.41) is 0. The molecule has 1 amide bonds. The van der Waals surface area contributed by atoms with Crippen LogP contribution in [0.4, 0.5) is 5.82 Å². The highest BCUT2D eigenvalue weighted by Crippen LogP contribution is 2.53. The fourth-order valence-corrected chi connectivity index (χ4v) is 5.55. The standard InChI is InChI=1S/C21H31N5O/c27-20(26-12-10-24(11-13-26)18-2-1-3-18)17-14-21(15-17)4-8-25(9-5-21)19-16-22-6-7-23-19/h6-7,16-18H,1-5,8-15H2. The van der Waals surface area contributed by atoms with E-state index >= 15 is 0 Å². The summed E-state index contributed by atoms with van der Waals surface area (Å²) < 4.78 is 0. The molecule has 0 aromatic carbocycles. The number of hydrogen-bond donors (Lipinski definition) is 0. The second kappa shape index (κ2) is 7.04. The van der Waals surface area contributed by atoms with Crippen LogP contribution in [0, 0.1) is 11.3 Å². The van der Waals surface area contributed by atoms with E-state index in [1.165, 1.54) is 32.1 Å². The zero-order valence-electron chi connectivity index (χ0n) is 16.2. The van der Waals surface area contributed by atoms with E-state index in [1.54, 1.807) is 12.4 Å². The average molecular weight is 370 g/mol. The summed E-state index contributed by atoms with van der Waals surface area (Å²) in [5.41, 5.74) is 0.410. The van der Waals surface area contributed by atoms with E-state index in [-0.39, 0.29) is 5.92 Å². The van der Waals surface area contributed by atoms with Gasteiger partial charge in [-0.1, -0.05) is 6.42 Å². The van der Waals surface area contributed by atoms with E-state index in [9.17, 15) is 4.79 Å². The van der Waals surface area contributed by atoms with Crippen molar-refractivity contribution < 1.29 is 4.79 Å². The molecule has 4 fully saturated rings. The number of aromatic nitrogens is 2. The van der Waals surface area contributed by atoms with Crippen molar-refractivity contribution in [3.8, 4) is 0 Å². The molecular weight excluding hydrogens is 338 g/mol. The molecule has 6 heteroatoms. The van der Waals surface area contributed by atoms with E-state index in [0.717, 1.165) is 64.0 Å². The van der Waals surface area contributed by atoms with Gasteiger partial charge in [0.2, 0.25) is 5.91 Å². The van der Waals surface area contributed by atoms with Crippen LogP contribution in [0.15, 0.2) is 18.6 Å². The Kier molecular flexibility index (Phi) is 4.54. The number of piperazine rings is 1. The third-order valence-corrected chi connectivity index (χ3v) is 7.62. The van der Waals surface area contributed by atoms with Gasteiger partial charge in [0.05, 0.1) is 6.20 Å². The Morgan fingerprint density at radius 3 is 2.33 bits per heavy atom. The van der Waals surface area contributed by atoms with Crippen molar-refractivity contribution >= 4 is 11.7 Å². The van der Waals surface area contributed by atoms with Gasteiger partial charge in [-0.25, -0.2) is 4.98 Å². The van der Waals surface area contributed by atoms with Crippen molar-refractivity contribution in [1.82, 2.24) is 19.8 Å². The summed E-state index contributed by atoms with van der Waals surface area (Å²) in [6, 6.07) is 0.814. The molecule has 2 aliphatic carbocycles. The van der Waals surface area contributed by atoms with Crippen LogP contribution in [-0.4, -0.2) is 71.0 Å². The van der Waals surface area contributed by atoms with Crippen molar-refractivity contribution in [2.75, 3.05) is 44.2 Å². The van der Waals surface area contributed by atoms with Gasteiger partial charge in [-0.3, -0.25) is 14.7 Å². The van der Waals surface area contributed by atoms with Crippen molar-refractivity contribution in [2.24, 2.45) is 11.3 Å². The lowest BCUT2D eigenvalue weighted by Crippen LogP contribution is -2.57. The molecule has 0 unspecified atom stereocenters. The van der Waals surface area contributed by atoms with Gasteiger partial charge in [-0.15, -0.1) is 0 Å². The summed E-state index contributed by atoms with van der Waals surface area (Å²) in [6.45, 7) is 6.14. The molecule has 2 aliphatic heterocycles. The molecule has 6 nitrogen and oxygen atoms in total. The number of nitrogens with zero attached hydrogens (tertiary/aromatic N) is 5. The molecule has 5 rings (SSSR count). The van der Waals surface area contributed by atoms with Gasteiger partial charge in [0.1, 0.15) is 5.82 Å². The van der Waals surface area contributed by atoms with Gasteiger partial charge < -0.3 is 9.80 Å². The van der Waals surface area contributed by atoms with Crippen LogP contribution in [0.3, 0.4) is 0 Å². The Morgan fingerprint density at radius 2 is 1.74 bits per heavy atom. The van der Waals surface area contributed by atoms with Crippen LogP contribution in [0.1, 0.15) is 44.9 Å². The fourth-order valence-electron chi connectivity index (χ4n) is 5.55. The second-order valence-electron chi connectivity index (χ2n) is 9.10. The van der Waals surface area contributed by atoms with Crippen LogP contribution < -0.4 is 4.90 Å². The fraction of sp³-hybridized carbons (Fsp3) is 0.762. The van der Waals surface area contributed by atoms with Gasteiger partial charge in [0, 0.05) is 63.6 Å². The number of amides is 1.